The number of carbonyl (C=O) groups excluding carboxylic acids is 3. The molecule has 8 nitrogen and oxygen atoms in total. The zero-order valence-electron chi connectivity index (χ0n) is 21.6. The fourth-order valence-electron chi connectivity index (χ4n) is 4.97. The van der Waals surface area contributed by atoms with E-state index in [4.69, 9.17) is 9.15 Å². The van der Waals surface area contributed by atoms with Crippen molar-refractivity contribution in [3.8, 4) is 11.3 Å². The van der Waals surface area contributed by atoms with E-state index >= 15 is 0 Å². The minimum atomic E-state index is -0.963. The number of ether oxygens (including phenoxy) is 1. The van der Waals surface area contributed by atoms with Gasteiger partial charge in [0.05, 0.1) is 24.8 Å². The topological polar surface area (TPSA) is 100 Å². The van der Waals surface area contributed by atoms with Gasteiger partial charge in [0.2, 0.25) is 0 Å². The number of morpholine rings is 1. The SMILES string of the molecule is Cc1ccc(-c2ccc(N3C(=O)C(O)=C(C(=O)C(C)C)C3c3ccccc3C(=O)N3CCOCC3)cc2)o1. The number of aliphatic hydroxyl groups is 1. The Balaban J connectivity index is 1.61. The quantitative estimate of drug-likeness (QED) is 0.505. The second kappa shape index (κ2) is 10.3. The van der Waals surface area contributed by atoms with Gasteiger partial charge in [-0.1, -0.05) is 32.0 Å². The summed E-state index contributed by atoms with van der Waals surface area (Å²) in [5.41, 5.74) is 2.17. The van der Waals surface area contributed by atoms with Crippen molar-refractivity contribution >= 4 is 23.3 Å². The van der Waals surface area contributed by atoms with E-state index in [1.165, 1.54) is 4.90 Å². The maximum absolute atomic E-state index is 13.6. The molecule has 1 N–H and O–H groups in total. The summed E-state index contributed by atoms with van der Waals surface area (Å²) in [5, 5.41) is 11.0. The third-order valence-electron chi connectivity index (χ3n) is 6.95. The van der Waals surface area contributed by atoms with Crippen LogP contribution in [0, 0.1) is 12.8 Å². The molecule has 196 valence electrons. The summed E-state index contributed by atoms with van der Waals surface area (Å²) >= 11 is 0. The van der Waals surface area contributed by atoms with Crippen molar-refractivity contribution < 1.29 is 28.6 Å². The van der Waals surface area contributed by atoms with Crippen molar-refractivity contribution in [1.29, 1.82) is 0 Å². The predicted octanol–water partition coefficient (Wildman–Crippen LogP) is 4.85. The van der Waals surface area contributed by atoms with Crippen molar-refractivity contribution in [3.05, 3.63) is 88.9 Å². The largest absolute Gasteiger partial charge is 0.503 e. The lowest BCUT2D eigenvalue weighted by molar-refractivity contribution is -0.119. The Labute approximate surface area is 221 Å². The minimum absolute atomic E-state index is 0.00189. The van der Waals surface area contributed by atoms with Gasteiger partial charge in [0.25, 0.3) is 11.8 Å². The van der Waals surface area contributed by atoms with Gasteiger partial charge in [-0.05, 0) is 55.0 Å². The molecule has 0 spiro atoms. The summed E-state index contributed by atoms with van der Waals surface area (Å²) in [5.74, 6) is -0.818. The van der Waals surface area contributed by atoms with Gasteiger partial charge < -0.3 is 19.2 Å². The molecule has 2 aromatic carbocycles. The molecule has 3 aromatic rings. The molecule has 1 atom stereocenters. The van der Waals surface area contributed by atoms with Gasteiger partial charge in [-0.15, -0.1) is 0 Å². The van der Waals surface area contributed by atoms with Crippen LogP contribution in [0.5, 0.6) is 0 Å². The van der Waals surface area contributed by atoms with Crippen LogP contribution in [0.3, 0.4) is 0 Å². The molecule has 0 radical (unpaired) electrons. The van der Waals surface area contributed by atoms with E-state index < -0.39 is 23.6 Å². The monoisotopic (exact) mass is 514 g/mol. The van der Waals surface area contributed by atoms with Gasteiger partial charge in [-0.2, -0.15) is 0 Å². The fraction of sp³-hybridized carbons (Fsp3) is 0.300. The highest BCUT2D eigenvalue weighted by atomic mass is 16.5. The Morgan fingerprint density at radius 3 is 2.29 bits per heavy atom. The molecule has 3 heterocycles. The maximum atomic E-state index is 13.6. The van der Waals surface area contributed by atoms with E-state index in [0.717, 1.165) is 11.3 Å². The van der Waals surface area contributed by atoms with Gasteiger partial charge in [-0.25, -0.2) is 0 Å². The van der Waals surface area contributed by atoms with E-state index in [0.29, 0.717) is 48.9 Å². The number of anilines is 1. The van der Waals surface area contributed by atoms with Crippen LogP contribution in [-0.2, 0) is 14.3 Å². The van der Waals surface area contributed by atoms with Gasteiger partial charge in [0.1, 0.15) is 11.5 Å². The predicted molar refractivity (Wildman–Crippen MR) is 142 cm³/mol. The van der Waals surface area contributed by atoms with Crippen molar-refractivity contribution in [2.45, 2.75) is 26.8 Å². The molecule has 0 bridgehead atoms. The third-order valence-corrected chi connectivity index (χ3v) is 6.95. The van der Waals surface area contributed by atoms with E-state index in [2.05, 4.69) is 0 Å². The Morgan fingerprint density at radius 2 is 1.66 bits per heavy atom. The number of carbonyl (C=O) groups is 3. The first-order chi connectivity index (χ1) is 18.3. The number of hydrogen-bond acceptors (Lipinski definition) is 6. The first-order valence-corrected chi connectivity index (χ1v) is 12.7. The molecule has 2 aliphatic rings. The lowest BCUT2D eigenvalue weighted by atomic mass is 9.88. The molecular formula is C30H30N2O6. The summed E-state index contributed by atoms with van der Waals surface area (Å²) in [6, 6.07) is 16.9. The highest BCUT2D eigenvalue weighted by Gasteiger charge is 2.46. The molecule has 5 rings (SSSR count). The van der Waals surface area contributed by atoms with Gasteiger partial charge in [0, 0.05) is 35.8 Å². The molecule has 1 aromatic heterocycles. The Hall–Kier alpha value is -4.17. The van der Waals surface area contributed by atoms with Crippen LogP contribution < -0.4 is 4.90 Å². The second-order valence-electron chi connectivity index (χ2n) is 9.81. The van der Waals surface area contributed by atoms with E-state index in [9.17, 15) is 19.5 Å². The molecule has 0 aliphatic carbocycles. The number of nitrogens with zero attached hydrogens (tertiary/aromatic N) is 2. The first kappa shape index (κ1) is 25.5. The lowest BCUT2D eigenvalue weighted by Crippen LogP contribution is -2.41. The summed E-state index contributed by atoms with van der Waals surface area (Å²) in [7, 11) is 0. The Morgan fingerprint density at radius 1 is 0.974 bits per heavy atom. The Kier molecular flexibility index (Phi) is 6.91. The van der Waals surface area contributed by atoms with Crippen LogP contribution in [-0.4, -0.2) is 53.9 Å². The summed E-state index contributed by atoms with van der Waals surface area (Å²) in [6.07, 6.45) is 0. The zero-order chi connectivity index (χ0) is 27.0. The number of amides is 2. The molecule has 0 saturated carbocycles. The number of Topliss-reactive ketones (excluding diaryl/α,β-unsaturated/α-hetero) is 1. The highest BCUT2D eigenvalue weighted by molar-refractivity contribution is 6.17. The maximum Gasteiger partial charge on any atom is 0.294 e. The highest BCUT2D eigenvalue weighted by Crippen LogP contribution is 2.43. The molecule has 1 unspecified atom stereocenters. The van der Waals surface area contributed by atoms with Crippen LogP contribution >= 0.6 is 0 Å². The van der Waals surface area contributed by atoms with Crippen LogP contribution in [0.15, 0.2) is 76.4 Å². The molecule has 38 heavy (non-hydrogen) atoms. The Bertz CT molecular complexity index is 1410. The number of benzene rings is 2. The third kappa shape index (κ3) is 4.52. The van der Waals surface area contributed by atoms with Crippen molar-refractivity contribution in [2.24, 2.45) is 5.92 Å². The molecule has 2 aliphatic heterocycles. The molecule has 1 fully saturated rings. The smallest absolute Gasteiger partial charge is 0.294 e. The first-order valence-electron chi connectivity index (χ1n) is 12.7. The average molecular weight is 515 g/mol. The van der Waals surface area contributed by atoms with Gasteiger partial charge >= 0.3 is 0 Å². The summed E-state index contributed by atoms with van der Waals surface area (Å²) in [4.78, 5) is 43.6. The molecule has 2 amide bonds. The number of aliphatic hydroxyl groups excluding tert-OH is 1. The van der Waals surface area contributed by atoms with Gasteiger partial charge in [-0.3, -0.25) is 19.3 Å². The number of ketones is 1. The van der Waals surface area contributed by atoms with Crippen LogP contribution in [0.2, 0.25) is 0 Å². The number of aryl methyl sites for hydroxylation is 1. The van der Waals surface area contributed by atoms with Crippen LogP contribution in [0.1, 0.15) is 41.6 Å². The minimum Gasteiger partial charge on any atom is -0.503 e. The van der Waals surface area contributed by atoms with E-state index in [1.807, 2.05) is 31.2 Å². The number of rotatable bonds is 6. The summed E-state index contributed by atoms with van der Waals surface area (Å²) < 4.78 is 11.1. The summed E-state index contributed by atoms with van der Waals surface area (Å²) in [6.45, 7) is 7.10. The standard InChI is InChI=1S/C30H30N2O6/c1-18(2)27(33)25-26(22-6-4-5-7-23(22)29(35)31-14-16-37-17-15-31)32(30(36)28(25)34)21-11-9-20(10-12-21)24-13-8-19(3)38-24/h4-13,18,26,34H,14-17H2,1-3H3. The lowest BCUT2D eigenvalue weighted by Gasteiger charge is -2.31. The molecule has 8 heteroatoms. The van der Waals surface area contributed by atoms with Crippen molar-refractivity contribution in [3.63, 3.8) is 0 Å². The number of furan rings is 1. The van der Waals surface area contributed by atoms with Crippen LogP contribution in [0.25, 0.3) is 11.3 Å². The second-order valence-corrected chi connectivity index (χ2v) is 9.81. The van der Waals surface area contributed by atoms with Crippen molar-refractivity contribution in [2.75, 3.05) is 31.2 Å². The van der Waals surface area contributed by atoms with E-state index in [-0.39, 0.29) is 17.3 Å². The number of hydrogen-bond donors (Lipinski definition) is 1. The van der Waals surface area contributed by atoms with Crippen LogP contribution in [0.4, 0.5) is 5.69 Å². The molecular weight excluding hydrogens is 484 g/mol. The fourth-order valence-corrected chi connectivity index (χ4v) is 4.97. The van der Waals surface area contributed by atoms with Gasteiger partial charge in [0.15, 0.2) is 11.5 Å². The zero-order valence-corrected chi connectivity index (χ0v) is 21.6. The van der Waals surface area contributed by atoms with E-state index in [1.54, 1.807) is 55.1 Å². The average Bonchev–Trinajstić information content (AvgIpc) is 3.49. The van der Waals surface area contributed by atoms with Crippen molar-refractivity contribution in [1.82, 2.24) is 4.90 Å². The molecule has 1 saturated heterocycles. The normalized spacial score (nSPS) is 18.0.